The zero-order valence-electron chi connectivity index (χ0n) is 11.1. The molecular formula is C14H14N2O2S2. The van der Waals surface area contributed by atoms with Crippen molar-refractivity contribution in [2.45, 2.75) is 26.4 Å². The number of aromatic nitrogens is 1. The predicted molar refractivity (Wildman–Crippen MR) is 83.0 cm³/mol. The highest BCUT2D eigenvalue weighted by molar-refractivity contribution is 7.73. The number of H-pyrrole nitrogens is 1. The van der Waals surface area contributed by atoms with Crippen LogP contribution in [0.2, 0.25) is 0 Å². The first-order valence-corrected chi connectivity index (χ1v) is 7.65. The number of benzene rings is 1. The Balaban J connectivity index is 2.06. The van der Waals surface area contributed by atoms with Crippen molar-refractivity contribution in [3.8, 4) is 17.0 Å². The topological polar surface area (TPSA) is 54.1 Å². The van der Waals surface area contributed by atoms with Crippen LogP contribution in [0.5, 0.6) is 5.75 Å². The molecule has 0 saturated carbocycles. The van der Waals surface area contributed by atoms with Crippen molar-refractivity contribution >= 4 is 35.1 Å². The van der Waals surface area contributed by atoms with E-state index >= 15 is 0 Å². The van der Waals surface area contributed by atoms with Crippen LogP contribution >= 0.6 is 23.6 Å². The first-order chi connectivity index (χ1) is 9.58. The summed E-state index contributed by atoms with van der Waals surface area (Å²) in [6.45, 7) is 3.83. The second-order valence-corrected chi connectivity index (χ2v) is 6.40. The SMILES string of the molecule is CCc1sc(=S)[nH]c1-c1ccc2c(c1)NC(=O)C(C)O2. The fourth-order valence-electron chi connectivity index (χ4n) is 2.21. The van der Waals surface area contributed by atoms with Gasteiger partial charge in [0.05, 0.1) is 11.4 Å². The van der Waals surface area contributed by atoms with Crippen LogP contribution in [0.3, 0.4) is 0 Å². The first kappa shape index (κ1) is 13.3. The van der Waals surface area contributed by atoms with E-state index in [4.69, 9.17) is 17.0 Å². The van der Waals surface area contributed by atoms with Crippen molar-refractivity contribution in [1.29, 1.82) is 0 Å². The van der Waals surface area contributed by atoms with E-state index in [1.54, 1.807) is 18.3 Å². The number of nitrogens with one attached hydrogen (secondary N) is 2. The van der Waals surface area contributed by atoms with Gasteiger partial charge >= 0.3 is 0 Å². The number of hydrogen-bond donors (Lipinski definition) is 2. The Labute approximate surface area is 125 Å². The zero-order chi connectivity index (χ0) is 14.3. The lowest BCUT2D eigenvalue weighted by Gasteiger charge is -2.23. The smallest absolute Gasteiger partial charge is 0.265 e. The van der Waals surface area contributed by atoms with E-state index in [2.05, 4.69) is 17.2 Å². The van der Waals surface area contributed by atoms with Gasteiger partial charge in [-0.15, -0.1) is 11.3 Å². The molecule has 2 heterocycles. The number of aromatic amines is 1. The third-order valence-corrected chi connectivity index (χ3v) is 4.62. The lowest BCUT2D eigenvalue weighted by Crippen LogP contribution is -2.34. The van der Waals surface area contributed by atoms with Crippen molar-refractivity contribution < 1.29 is 9.53 Å². The van der Waals surface area contributed by atoms with Crippen molar-refractivity contribution in [3.05, 3.63) is 27.0 Å². The summed E-state index contributed by atoms with van der Waals surface area (Å²) in [6, 6.07) is 5.79. The normalized spacial score (nSPS) is 17.3. The molecule has 4 nitrogen and oxygen atoms in total. The molecule has 0 bridgehead atoms. The molecule has 0 fully saturated rings. The molecule has 104 valence electrons. The van der Waals surface area contributed by atoms with Gasteiger partial charge < -0.3 is 15.0 Å². The molecule has 2 N–H and O–H groups in total. The molecule has 3 rings (SSSR count). The van der Waals surface area contributed by atoms with Gasteiger partial charge in [-0.05, 0) is 43.8 Å². The largest absolute Gasteiger partial charge is 0.479 e. The Morgan fingerprint density at radius 2 is 2.25 bits per heavy atom. The number of rotatable bonds is 2. The maximum atomic E-state index is 11.7. The third-order valence-electron chi connectivity index (χ3n) is 3.24. The molecule has 2 aromatic rings. The minimum absolute atomic E-state index is 0.122. The maximum Gasteiger partial charge on any atom is 0.265 e. The van der Waals surface area contributed by atoms with E-state index in [0.29, 0.717) is 11.4 Å². The van der Waals surface area contributed by atoms with Gasteiger partial charge in [0.15, 0.2) is 10.1 Å². The molecule has 1 aliphatic rings. The van der Waals surface area contributed by atoms with Gasteiger partial charge in [0, 0.05) is 10.4 Å². The zero-order valence-corrected chi connectivity index (χ0v) is 12.8. The number of thiazole rings is 1. The third kappa shape index (κ3) is 2.25. The van der Waals surface area contributed by atoms with Crippen molar-refractivity contribution in [1.82, 2.24) is 4.98 Å². The molecule has 1 unspecified atom stereocenters. The van der Waals surface area contributed by atoms with Crippen molar-refractivity contribution in [3.63, 3.8) is 0 Å². The predicted octanol–water partition coefficient (Wildman–Crippen LogP) is 3.75. The minimum atomic E-state index is -0.452. The molecule has 1 aromatic heterocycles. The Kier molecular flexibility index (Phi) is 3.35. The summed E-state index contributed by atoms with van der Waals surface area (Å²) in [7, 11) is 0. The van der Waals surface area contributed by atoms with Gasteiger partial charge in [0.25, 0.3) is 5.91 Å². The summed E-state index contributed by atoms with van der Waals surface area (Å²) in [4.78, 5) is 16.1. The van der Waals surface area contributed by atoms with Crippen LogP contribution < -0.4 is 10.1 Å². The number of fused-ring (bicyclic) bond motifs is 1. The lowest BCUT2D eigenvalue weighted by atomic mass is 10.1. The second kappa shape index (κ2) is 5.03. The van der Waals surface area contributed by atoms with E-state index in [0.717, 1.165) is 21.6 Å². The molecular weight excluding hydrogens is 292 g/mol. The van der Waals surface area contributed by atoms with E-state index in [1.165, 1.54) is 4.88 Å². The number of anilines is 1. The highest BCUT2D eigenvalue weighted by atomic mass is 32.1. The van der Waals surface area contributed by atoms with Gasteiger partial charge in [-0.25, -0.2) is 0 Å². The van der Waals surface area contributed by atoms with Crippen LogP contribution in [-0.4, -0.2) is 17.0 Å². The van der Waals surface area contributed by atoms with Gasteiger partial charge in [-0.3, -0.25) is 4.79 Å². The molecule has 0 saturated heterocycles. The highest BCUT2D eigenvalue weighted by Gasteiger charge is 2.24. The monoisotopic (exact) mass is 306 g/mol. The number of amides is 1. The Morgan fingerprint density at radius 1 is 1.45 bits per heavy atom. The molecule has 0 aliphatic carbocycles. The average molecular weight is 306 g/mol. The standard InChI is InChI=1S/C14H14N2O2S2/c1-3-11-12(16-14(19)20-11)8-4-5-10-9(6-8)15-13(17)7(2)18-10/h4-7H,3H2,1-2H3,(H,15,17)(H,16,19). The number of ether oxygens (including phenoxy) is 1. The number of hydrogen-bond acceptors (Lipinski definition) is 4. The van der Waals surface area contributed by atoms with Crippen LogP contribution in [0.4, 0.5) is 5.69 Å². The second-order valence-electron chi connectivity index (χ2n) is 4.63. The van der Waals surface area contributed by atoms with Crippen LogP contribution in [0.25, 0.3) is 11.3 Å². The van der Waals surface area contributed by atoms with Gasteiger partial charge in [0.2, 0.25) is 0 Å². The summed E-state index contributed by atoms with van der Waals surface area (Å²) in [5.41, 5.74) is 2.74. The van der Waals surface area contributed by atoms with Gasteiger partial charge in [-0.1, -0.05) is 6.92 Å². The number of carbonyl (C=O) groups excluding carboxylic acids is 1. The molecule has 1 aliphatic heterocycles. The Morgan fingerprint density at radius 3 is 3.00 bits per heavy atom. The number of carbonyl (C=O) groups is 1. The molecule has 1 amide bonds. The molecule has 20 heavy (non-hydrogen) atoms. The Hall–Kier alpha value is -1.66. The Bertz CT molecular complexity index is 733. The summed E-state index contributed by atoms with van der Waals surface area (Å²) in [5, 5.41) is 2.86. The summed E-state index contributed by atoms with van der Waals surface area (Å²) >= 11 is 6.80. The molecule has 0 spiro atoms. The lowest BCUT2D eigenvalue weighted by molar-refractivity contribution is -0.122. The summed E-state index contributed by atoms with van der Waals surface area (Å²) < 4.78 is 6.32. The van der Waals surface area contributed by atoms with Gasteiger partial charge in [-0.2, -0.15) is 0 Å². The quantitative estimate of drug-likeness (QED) is 0.831. The minimum Gasteiger partial charge on any atom is -0.479 e. The van der Waals surface area contributed by atoms with Crippen LogP contribution in [0, 0.1) is 3.95 Å². The van der Waals surface area contributed by atoms with Crippen molar-refractivity contribution in [2.75, 3.05) is 5.32 Å². The van der Waals surface area contributed by atoms with E-state index < -0.39 is 6.10 Å². The van der Waals surface area contributed by atoms with Gasteiger partial charge in [0.1, 0.15) is 5.75 Å². The maximum absolute atomic E-state index is 11.7. The van der Waals surface area contributed by atoms with E-state index in [-0.39, 0.29) is 5.91 Å². The van der Waals surface area contributed by atoms with Crippen molar-refractivity contribution in [2.24, 2.45) is 0 Å². The molecule has 6 heteroatoms. The molecule has 0 radical (unpaired) electrons. The fourth-order valence-corrected chi connectivity index (χ4v) is 3.40. The van der Waals surface area contributed by atoms with E-state index in [1.807, 2.05) is 18.2 Å². The summed E-state index contributed by atoms with van der Waals surface area (Å²) in [6.07, 6.45) is 0.468. The fraction of sp³-hybridized carbons (Fsp3) is 0.286. The molecule has 1 aromatic carbocycles. The first-order valence-electron chi connectivity index (χ1n) is 6.42. The summed E-state index contributed by atoms with van der Waals surface area (Å²) in [5.74, 6) is 0.580. The van der Waals surface area contributed by atoms with E-state index in [9.17, 15) is 4.79 Å². The molecule has 1 atom stereocenters. The average Bonchev–Trinajstić information content (AvgIpc) is 2.81. The van der Waals surface area contributed by atoms with Crippen LogP contribution in [0.15, 0.2) is 18.2 Å². The van der Waals surface area contributed by atoms with Crippen LogP contribution in [0.1, 0.15) is 18.7 Å². The number of aryl methyl sites for hydroxylation is 1. The van der Waals surface area contributed by atoms with Crippen LogP contribution in [-0.2, 0) is 11.2 Å². The highest BCUT2D eigenvalue weighted by Crippen LogP contribution is 2.35.